The van der Waals surface area contributed by atoms with Crippen LogP contribution in [0, 0.1) is 20.8 Å². The third kappa shape index (κ3) is 3.09. The Kier molecular flexibility index (Phi) is 4.22. The normalized spacial score (nSPS) is 17.0. The number of benzene rings is 1. The van der Waals surface area contributed by atoms with E-state index >= 15 is 0 Å². The van der Waals surface area contributed by atoms with Gasteiger partial charge in [0.1, 0.15) is 11.6 Å². The first kappa shape index (κ1) is 17.3. The summed E-state index contributed by atoms with van der Waals surface area (Å²) in [6.45, 7) is 6.56. The molecule has 1 fully saturated rings. The van der Waals surface area contributed by atoms with Crippen LogP contribution in [0.1, 0.15) is 23.4 Å². The minimum Gasteiger partial charge on any atom is -0.497 e. The molecule has 1 saturated heterocycles. The Labute approximate surface area is 158 Å². The number of hydrogen-bond donors (Lipinski definition) is 1. The van der Waals surface area contributed by atoms with Crippen molar-refractivity contribution in [2.45, 2.75) is 33.2 Å². The van der Waals surface area contributed by atoms with E-state index in [9.17, 15) is 4.79 Å². The second-order valence-corrected chi connectivity index (χ2v) is 6.98. The van der Waals surface area contributed by atoms with Crippen LogP contribution < -0.4 is 15.0 Å². The number of hydrogen-bond acceptors (Lipinski definition) is 5. The highest BCUT2D eigenvalue weighted by Crippen LogP contribution is 2.27. The van der Waals surface area contributed by atoms with Crippen LogP contribution in [-0.4, -0.2) is 40.2 Å². The number of ether oxygens (including phenoxy) is 1. The summed E-state index contributed by atoms with van der Waals surface area (Å²) in [6, 6.07) is 9.55. The molecule has 1 aliphatic heterocycles. The average molecular weight is 365 g/mol. The molecule has 7 nitrogen and oxygen atoms in total. The van der Waals surface area contributed by atoms with E-state index in [1.54, 1.807) is 12.0 Å². The number of rotatable bonds is 4. The van der Waals surface area contributed by atoms with Gasteiger partial charge >= 0.3 is 0 Å². The lowest BCUT2D eigenvalue weighted by molar-refractivity contribution is -0.117. The maximum Gasteiger partial charge on any atom is 0.229 e. The van der Waals surface area contributed by atoms with Gasteiger partial charge < -0.3 is 15.0 Å². The lowest BCUT2D eigenvalue weighted by Crippen LogP contribution is -2.28. The number of anilines is 2. The molecule has 0 radical (unpaired) electrons. The molecule has 4 rings (SSSR count). The zero-order chi connectivity index (χ0) is 19.1. The predicted molar refractivity (Wildman–Crippen MR) is 105 cm³/mol. The Morgan fingerprint density at radius 1 is 1.22 bits per heavy atom. The molecule has 27 heavy (non-hydrogen) atoms. The Morgan fingerprint density at radius 3 is 2.81 bits per heavy atom. The molecule has 0 spiro atoms. The van der Waals surface area contributed by atoms with Gasteiger partial charge in [-0.2, -0.15) is 9.61 Å². The molecule has 1 atom stereocenters. The van der Waals surface area contributed by atoms with Crippen molar-refractivity contribution in [1.29, 1.82) is 0 Å². The molecule has 0 saturated carbocycles. The van der Waals surface area contributed by atoms with Crippen LogP contribution >= 0.6 is 0 Å². The van der Waals surface area contributed by atoms with Gasteiger partial charge in [0.05, 0.1) is 18.8 Å². The van der Waals surface area contributed by atoms with Gasteiger partial charge in [0, 0.05) is 42.0 Å². The van der Waals surface area contributed by atoms with Gasteiger partial charge in [0.15, 0.2) is 5.65 Å². The molecule has 1 N–H and O–H groups in total. The second kappa shape index (κ2) is 6.57. The fraction of sp³-hybridized carbons (Fsp3) is 0.350. The maximum absolute atomic E-state index is 12.6. The topological polar surface area (TPSA) is 71.8 Å². The molecule has 3 aromatic rings. The first-order valence-electron chi connectivity index (χ1n) is 9.01. The molecule has 1 amide bonds. The number of amides is 1. The predicted octanol–water partition coefficient (Wildman–Crippen LogP) is 2.88. The number of fused-ring (bicyclic) bond motifs is 1. The monoisotopic (exact) mass is 365 g/mol. The highest BCUT2D eigenvalue weighted by atomic mass is 16.5. The summed E-state index contributed by atoms with van der Waals surface area (Å²) in [5.74, 6) is 1.69. The zero-order valence-corrected chi connectivity index (χ0v) is 16.0. The summed E-state index contributed by atoms with van der Waals surface area (Å²) in [5.41, 5.74) is 4.65. The van der Waals surface area contributed by atoms with Crippen molar-refractivity contribution in [3.05, 3.63) is 47.3 Å². The van der Waals surface area contributed by atoms with Crippen LogP contribution in [0.2, 0.25) is 0 Å². The lowest BCUT2D eigenvalue weighted by Gasteiger charge is -2.18. The van der Waals surface area contributed by atoms with E-state index in [1.165, 1.54) is 0 Å². The number of aromatic nitrogens is 3. The highest BCUT2D eigenvalue weighted by molar-refractivity contribution is 5.96. The van der Waals surface area contributed by atoms with Gasteiger partial charge in [0.25, 0.3) is 0 Å². The van der Waals surface area contributed by atoms with Crippen molar-refractivity contribution in [1.82, 2.24) is 14.6 Å². The molecule has 2 aromatic heterocycles. The summed E-state index contributed by atoms with van der Waals surface area (Å²) in [6.07, 6.45) is 0.430. The summed E-state index contributed by atoms with van der Waals surface area (Å²) in [5, 5.41) is 8.08. The van der Waals surface area contributed by atoms with Gasteiger partial charge in [0.2, 0.25) is 5.91 Å². The molecular formula is C20H23N5O2. The number of methoxy groups -OCH3 is 1. The fourth-order valence-electron chi connectivity index (χ4n) is 3.49. The summed E-state index contributed by atoms with van der Waals surface area (Å²) >= 11 is 0. The van der Waals surface area contributed by atoms with Crippen LogP contribution in [-0.2, 0) is 4.79 Å². The standard InChI is InChI=1S/C20H23N5O2/c1-12-8-18(25-20(21-12)13(2)14(3)23-25)22-15-9-19(26)24(11-15)16-6-5-7-17(10-16)27-4/h5-8,10,15,22H,9,11H2,1-4H3/t15-/m1/s1. The van der Waals surface area contributed by atoms with E-state index in [2.05, 4.69) is 15.4 Å². The lowest BCUT2D eigenvalue weighted by atomic mass is 10.2. The number of carbonyl (C=O) groups excluding carboxylic acids is 1. The van der Waals surface area contributed by atoms with E-state index in [1.807, 2.05) is 55.6 Å². The van der Waals surface area contributed by atoms with Crippen LogP contribution in [0.3, 0.4) is 0 Å². The third-order valence-corrected chi connectivity index (χ3v) is 5.03. The third-order valence-electron chi connectivity index (χ3n) is 5.03. The van der Waals surface area contributed by atoms with Crippen molar-refractivity contribution in [2.75, 3.05) is 23.9 Å². The Hall–Kier alpha value is -3.09. The van der Waals surface area contributed by atoms with Gasteiger partial charge in [-0.15, -0.1) is 0 Å². The summed E-state index contributed by atoms with van der Waals surface area (Å²) in [7, 11) is 1.63. The minimum absolute atomic E-state index is 0.00138. The number of carbonyl (C=O) groups is 1. The van der Waals surface area contributed by atoms with Crippen LogP contribution in [0.15, 0.2) is 30.3 Å². The average Bonchev–Trinajstić information content (AvgIpc) is 3.15. The molecule has 0 aliphatic carbocycles. The quantitative estimate of drug-likeness (QED) is 0.770. The Bertz CT molecular complexity index is 1030. The first-order valence-corrected chi connectivity index (χ1v) is 9.01. The molecule has 0 bridgehead atoms. The van der Waals surface area contributed by atoms with Crippen molar-refractivity contribution in [3.63, 3.8) is 0 Å². The van der Waals surface area contributed by atoms with E-state index in [0.29, 0.717) is 13.0 Å². The molecule has 0 unspecified atom stereocenters. The van der Waals surface area contributed by atoms with Crippen molar-refractivity contribution in [3.8, 4) is 5.75 Å². The number of aryl methyl sites for hydroxylation is 3. The molecular weight excluding hydrogens is 342 g/mol. The first-order chi connectivity index (χ1) is 13.0. The summed E-state index contributed by atoms with van der Waals surface area (Å²) in [4.78, 5) is 19.0. The molecule has 140 valence electrons. The smallest absolute Gasteiger partial charge is 0.229 e. The largest absolute Gasteiger partial charge is 0.497 e. The van der Waals surface area contributed by atoms with Gasteiger partial charge in [-0.05, 0) is 32.9 Å². The fourth-order valence-corrected chi connectivity index (χ4v) is 3.49. The van der Waals surface area contributed by atoms with Crippen LogP contribution in [0.5, 0.6) is 5.75 Å². The van der Waals surface area contributed by atoms with Crippen LogP contribution in [0.25, 0.3) is 5.65 Å². The minimum atomic E-state index is -0.00138. The van der Waals surface area contributed by atoms with E-state index in [-0.39, 0.29) is 11.9 Å². The number of nitrogens with zero attached hydrogens (tertiary/aromatic N) is 4. The SMILES string of the molecule is COc1cccc(N2C[C@H](Nc3cc(C)nc4c(C)c(C)nn34)CC2=O)c1. The van der Waals surface area contributed by atoms with Crippen molar-refractivity contribution < 1.29 is 9.53 Å². The molecule has 3 heterocycles. The molecule has 7 heteroatoms. The zero-order valence-electron chi connectivity index (χ0n) is 16.0. The maximum atomic E-state index is 12.6. The Morgan fingerprint density at radius 2 is 2.04 bits per heavy atom. The number of nitrogens with one attached hydrogen (secondary N) is 1. The highest BCUT2D eigenvalue weighted by Gasteiger charge is 2.31. The summed E-state index contributed by atoms with van der Waals surface area (Å²) < 4.78 is 7.10. The molecule has 1 aliphatic rings. The van der Waals surface area contributed by atoms with Crippen LogP contribution in [0.4, 0.5) is 11.5 Å². The van der Waals surface area contributed by atoms with E-state index in [4.69, 9.17) is 4.74 Å². The van der Waals surface area contributed by atoms with Gasteiger partial charge in [-0.1, -0.05) is 6.07 Å². The Balaban J connectivity index is 1.60. The van der Waals surface area contributed by atoms with E-state index in [0.717, 1.165) is 39.9 Å². The van der Waals surface area contributed by atoms with Crippen molar-refractivity contribution >= 4 is 23.1 Å². The van der Waals surface area contributed by atoms with Crippen molar-refractivity contribution in [2.24, 2.45) is 0 Å². The van der Waals surface area contributed by atoms with E-state index < -0.39 is 0 Å². The second-order valence-electron chi connectivity index (χ2n) is 6.98. The molecule has 1 aromatic carbocycles. The van der Waals surface area contributed by atoms with Gasteiger partial charge in [-0.25, -0.2) is 4.98 Å². The van der Waals surface area contributed by atoms with Gasteiger partial charge in [-0.3, -0.25) is 4.79 Å².